The van der Waals surface area contributed by atoms with Gasteiger partial charge in [-0.2, -0.15) is 0 Å². The molecule has 29 heavy (non-hydrogen) atoms. The number of anilines is 1. The molecule has 3 N–H and O–H groups in total. The lowest BCUT2D eigenvalue weighted by atomic mass is 9.97. The molecule has 1 aromatic carbocycles. The van der Waals surface area contributed by atoms with Crippen LogP contribution < -0.4 is 10.6 Å². The number of aryl methyl sites for hydroxylation is 2. The Hall–Kier alpha value is -2.52. The van der Waals surface area contributed by atoms with Crippen molar-refractivity contribution in [1.82, 2.24) is 20.3 Å². The molecule has 3 rings (SSSR count). The molecule has 1 aromatic heterocycles. The summed E-state index contributed by atoms with van der Waals surface area (Å²) in [6.45, 7) is 2.58. The van der Waals surface area contributed by atoms with Gasteiger partial charge in [0.25, 0.3) is 0 Å². The minimum Gasteiger partial charge on any atom is -0.394 e. The highest BCUT2D eigenvalue weighted by Gasteiger charge is 2.32. The average Bonchev–Trinajstić information content (AvgIpc) is 3.17. The van der Waals surface area contributed by atoms with Gasteiger partial charge in [-0.05, 0) is 37.8 Å². The number of hydrogen-bond acceptors (Lipinski definition) is 5. The number of para-hydroxylation sites is 1. The van der Waals surface area contributed by atoms with E-state index in [1.54, 1.807) is 12.1 Å². The number of hydrogen-bond donors (Lipinski definition) is 3. The van der Waals surface area contributed by atoms with Crippen molar-refractivity contribution in [3.8, 4) is 0 Å². The zero-order valence-electron chi connectivity index (χ0n) is 16.6. The van der Waals surface area contributed by atoms with Crippen LogP contribution in [0, 0.1) is 5.82 Å². The lowest BCUT2D eigenvalue weighted by Gasteiger charge is -2.36. The van der Waals surface area contributed by atoms with E-state index in [4.69, 9.17) is 4.74 Å². The third kappa shape index (κ3) is 5.98. The van der Waals surface area contributed by atoms with Crippen LogP contribution in [0.4, 0.5) is 14.9 Å². The fraction of sp³-hybridized carbons (Fsp3) is 0.550. The highest BCUT2D eigenvalue weighted by atomic mass is 19.1. The van der Waals surface area contributed by atoms with Gasteiger partial charge in [0.15, 0.2) is 0 Å². The van der Waals surface area contributed by atoms with Crippen LogP contribution in [0.5, 0.6) is 0 Å². The van der Waals surface area contributed by atoms with E-state index in [9.17, 15) is 14.3 Å². The molecule has 0 aliphatic carbocycles. The molecule has 0 bridgehead atoms. The van der Waals surface area contributed by atoms with E-state index in [2.05, 4.69) is 27.9 Å². The van der Waals surface area contributed by atoms with Crippen LogP contribution in [0.1, 0.15) is 38.3 Å². The maximum absolute atomic E-state index is 13.7. The predicted octanol–water partition coefficient (Wildman–Crippen LogP) is 2.49. The quantitative estimate of drug-likeness (QED) is 0.626. The van der Waals surface area contributed by atoms with E-state index in [0.717, 1.165) is 31.4 Å². The predicted molar refractivity (Wildman–Crippen MR) is 106 cm³/mol. The number of rotatable bonds is 8. The number of nitrogens with one attached hydrogen (secondary N) is 2. The average molecular weight is 405 g/mol. The summed E-state index contributed by atoms with van der Waals surface area (Å²) in [4.78, 5) is 12.2. The summed E-state index contributed by atoms with van der Waals surface area (Å²) in [5.41, 5.74) is 1.09. The third-order valence-corrected chi connectivity index (χ3v) is 5.01. The number of benzene rings is 1. The number of aliphatic hydroxyl groups excluding tert-OH is 1. The smallest absolute Gasteiger partial charge is 0.319 e. The minimum atomic E-state index is -0.522. The number of amides is 2. The normalized spacial score (nSPS) is 21.7. The highest BCUT2D eigenvalue weighted by molar-refractivity contribution is 5.89. The second-order valence-corrected chi connectivity index (χ2v) is 7.25. The summed E-state index contributed by atoms with van der Waals surface area (Å²) in [6, 6.07) is 5.10. The summed E-state index contributed by atoms with van der Waals surface area (Å²) < 4.78 is 21.5. The van der Waals surface area contributed by atoms with Crippen LogP contribution >= 0.6 is 0 Å². The lowest BCUT2D eigenvalue weighted by Crippen LogP contribution is -2.52. The van der Waals surface area contributed by atoms with Crippen molar-refractivity contribution in [3.63, 3.8) is 0 Å². The second kappa shape index (κ2) is 10.3. The van der Waals surface area contributed by atoms with Gasteiger partial charge in [0.05, 0.1) is 30.1 Å². The van der Waals surface area contributed by atoms with Crippen LogP contribution in [0.15, 0.2) is 30.5 Å². The molecule has 1 saturated heterocycles. The molecule has 2 amide bonds. The molecular formula is C20H28FN5O3. The molecule has 8 nitrogen and oxygen atoms in total. The second-order valence-electron chi connectivity index (χ2n) is 7.25. The van der Waals surface area contributed by atoms with E-state index in [0.29, 0.717) is 13.0 Å². The van der Waals surface area contributed by atoms with Gasteiger partial charge in [0, 0.05) is 12.7 Å². The number of nitrogens with zero attached hydrogens (tertiary/aromatic N) is 3. The van der Waals surface area contributed by atoms with Gasteiger partial charge in [0.2, 0.25) is 0 Å². The Bertz CT molecular complexity index is 800. The monoisotopic (exact) mass is 405 g/mol. The molecule has 1 aliphatic rings. The number of halogens is 1. The van der Waals surface area contributed by atoms with Crippen LogP contribution in [0.25, 0.3) is 0 Å². The molecule has 1 aliphatic heterocycles. The number of carbonyl (C=O) groups excluding carboxylic acids is 1. The fourth-order valence-electron chi connectivity index (χ4n) is 3.49. The first-order valence-corrected chi connectivity index (χ1v) is 10.1. The molecule has 158 valence electrons. The fourth-order valence-corrected chi connectivity index (χ4v) is 3.49. The summed E-state index contributed by atoms with van der Waals surface area (Å²) in [5, 5.41) is 23.2. The highest BCUT2D eigenvalue weighted by Crippen LogP contribution is 2.23. The van der Waals surface area contributed by atoms with Crippen molar-refractivity contribution in [3.05, 3.63) is 42.0 Å². The molecule has 2 heterocycles. The molecular weight excluding hydrogens is 377 g/mol. The van der Waals surface area contributed by atoms with Crippen LogP contribution in [-0.2, 0) is 17.7 Å². The molecule has 9 heteroatoms. The Balaban J connectivity index is 1.47. The van der Waals surface area contributed by atoms with Crippen molar-refractivity contribution in [1.29, 1.82) is 0 Å². The Morgan fingerprint density at radius 1 is 1.38 bits per heavy atom. The minimum absolute atomic E-state index is 0.0290. The van der Waals surface area contributed by atoms with Gasteiger partial charge in [-0.3, -0.25) is 4.68 Å². The number of ether oxygens (including phenoxy) is 1. The van der Waals surface area contributed by atoms with Gasteiger partial charge in [0.1, 0.15) is 11.9 Å². The summed E-state index contributed by atoms with van der Waals surface area (Å²) in [6.07, 6.45) is 5.52. The molecule has 0 unspecified atom stereocenters. The van der Waals surface area contributed by atoms with Gasteiger partial charge >= 0.3 is 6.03 Å². The SMILES string of the molecule is CCCc1cn(CC[C@@H]2CC[C@H](NC(=O)Nc3ccccc3F)[C@@H](CO)O2)nn1. The van der Waals surface area contributed by atoms with E-state index in [1.165, 1.54) is 12.1 Å². The Morgan fingerprint density at radius 2 is 2.21 bits per heavy atom. The van der Waals surface area contributed by atoms with Gasteiger partial charge in [-0.1, -0.05) is 30.7 Å². The topological polar surface area (TPSA) is 101 Å². The number of carbonyl (C=O) groups is 1. The summed E-state index contributed by atoms with van der Waals surface area (Å²) >= 11 is 0. The van der Waals surface area contributed by atoms with Crippen LogP contribution in [-0.4, -0.2) is 51.0 Å². The van der Waals surface area contributed by atoms with Crippen LogP contribution in [0.3, 0.4) is 0 Å². The first-order chi connectivity index (χ1) is 14.1. The molecule has 0 radical (unpaired) electrons. The molecule has 1 fully saturated rings. The maximum Gasteiger partial charge on any atom is 0.319 e. The Labute approximate surface area is 169 Å². The zero-order valence-corrected chi connectivity index (χ0v) is 16.6. The Morgan fingerprint density at radius 3 is 2.97 bits per heavy atom. The van der Waals surface area contributed by atoms with Crippen molar-refractivity contribution < 1.29 is 19.0 Å². The lowest BCUT2D eigenvalue weighted by molar-refractivity contribution is -0.0905. The maximum atomic E-state index is 13.7. The molecule has 0 spiro atoms. The number of urea groups is 1. The van der Waals surface area contributed by atoms with Crippen molar-refractivity contribution >= 4 is 11.7 Å². The standard InChI is InChI=1S/C20H28FN5O3/c1-2-5-14-12-26(25-24-14)11-10-15-8-9-18(19(13-27)29-15)23-20(28)22-17-7-4-3-6-16(17)21/h3-4,6-7,12,15,18-19,27H,2,5,8-11,13H2,1H3,(H2,22,23,28)/t15-,18-,19+/m0/s1. The largest absolute Gasteiger partial charge is 0.394 e. The van der Waals surface area contributed by atoms with Crippen molar-refractivity contribution in [2.24, 2.45) is 0 Å². The molecule has 2 aromatic rings. The first kappa shape index (κ1) is 21.2. The summed E-state index contributed by atoms with van der Waals surface area (Å²) in [7, 11) is 0. The third-order valence-electron chi connectivity index (χ3n) is 5.01. The Kier molecular flexibility index (Phi) is 7.54. The van der Waals surface area contributed by atoms with E-state index < -0.39 is 18.0 Å². The van der Waals surface area contributed by atoms with E-state index in [1.807, 2.05) is 10.9 Å². The molecule has 0 saturated carbocycles. The first-order valence-electron chi connectivity index (χ1n) is 10.1. The van der Waals surface area contributed by atoms with Crippen molar-refractivity contribution in [2.75, 3.05) is 11.9 Å². The van der Waals surface area contributed by atoms with E-state index in [-0.39, 0.29) is 24.4 Å². The van der Waals surface area contributed by atoms with Gasteiger partial charge in [-0.25, -0.2) is 9.18 Å². The number of aliphatic hydroxyl groups is 1. The van der Waals surface area contributed by atoms with Gasteiger partial charge < -0.3 is 20.5 Å². The molecule has 3 atom stereocenters. The van der Waals surface area contributed by atoms with Gasteiger partial charge in [-0.15, -0.1) is 5.10 Å². The summed E-state index contributed by atoms with van der Waals surface area (Å²) in [5.74, 6) is -0.503. The van der Waals surface area contributed by atoms with Crippen LogP contribution in [0.2, 0.25) is 0 Å². The zero-order chi connectivity index (χ0) is 20.6. The van der Waals surface area contributed by atoms with E-state index >= 15 is 0 Å². The van der Waals surface area contributed by atoms with Crippen molar-refractivity contribution in [2.45, 2.75) is 63.8 Å². The number of aromatic nitrogens is 3.